The molecular formula is C11H13N5O4. The number of amides is 1. The van der Waals surface area contributed by atoms with Crippen molar-refractivity contribution >= 4 is 17.6 Å². The first-order valence-electron chi connectivity index (χ1n) is 5.66. The van der Waals surface area contributed by atoms with Crippen molar-refractivity contribution in [1.29, 1.82) is 0 Å². The van der Waals surface area contributed by atoms with Gasteiger partial charge >= 0.3 is 5.97 Å². The molecule has 0 spiro atoms. The standard InChI is InChI=1S/C11H13N5O4/c1-20-7-15-5-8(4-13-15)14-11(19)9-2-3-12-16(9)6-10(17)18/h2-5H,6-7H2,1H3,(H,14,19)(H,17,18). The number of methoxy groups -OCH3 is 1. The quantitative estimate of drug-likeness (QED) is 0.771. The van der Waals surface area contributed by atoms with Crippen LogP contribution in [0.4, 0.5) is 5.69 Å². The molecule has 0 bridgehead atoms. The highest BCUT2D eigenvalue weighted by Crippen LogP contribution is 2.08. The second-order valence-corrected chi connectivity index (χ2v) is 3.91. The molecule has 0 saturated heterocycles. The van der Waals surface area contributed by atoms with E-state index in [0.717, 1.165) is 4.68 Å². The molecule has 0 atom stereocenters. The average molecular weight is 279 g/mol. The Hall–Kier alpha value is -2.68. The van der Waals surface area contributed by atoms with Crippen LogP contribution in [-0.4, -0.2) is 43.7 Å². The Morgan fingerprint density at radius 3 is 2.95 bits per heavy atom. The van der Waals surface area contributed by atoms with Gasteiger partial charge in [-0.05, 0) is 6.07 Å². The van der Waals surface area contributed by atoms with Crippen molar-refractivity contribution in [2.45, 2.75) is 13.3 Å². The van der Waals surface area contributed by atoms with E-state index >= 15 is 0 Å². The second kappa shape index (κ2) is 5.97. The molecule has 0 aromatic carbocycles. The first-order chi connectivity index (χ1) is 9.60. The smallest absolute Gasteiger partial charge is 0.325 e. The normalized spacial score (nSPS) is 10.4. The van der Waals surface area contributed by atoms with Gasteiger partial charge in [-0.25, -0.2) is 9.36 Å². The molecule has 0 aliphatic carbocycles. The van der Waals surface area contributed by atoms with Gasteiger partial charge in [0.2, 0.25) is 0 Å². The highest BCUT2D eigenvalue weighted by atomic mass is 16.5. The van der Waals surface area contributed by atoms with Crippen LogP contribution in [0.1, 0.15) is 10.5 Å². The molecule has 106 valence electrons. The lowest BCUT2D eigenvalue weighted by Gasteiger charge is -2.04. The molecular weight excluding hydrogens is 266 g/mol. The number of rotatable bonds is 6. The van der Waals surface area contributed by atoms with E-state index in [0.29, 0.717) is 5.69 Å². The van der Waals surface area contributed by atoms with Crippen molar-refractivity contribution in [3.63, 3.8) is 0 Å². The predicted molar refractivity (Wildman–Crippen MR) is 67.1 cm³/mol. The van der Waals surface area contributed by atoms with Crippen LogP contribution in [0, 0.1) is 0 Å². The minimum absolute atomic E-state index is 0.159. The number of hydrogen-bond donors (Lipinski definition) is 2. The topological polar surface area (TPSA) is 111 Å². The first kappa shape index (κ1) is 13.7. The van der Waals surface area contributed by atoms with E-state index in [1.165, 1.54) is 30.3 Å². The van der Waals surface area contributed by atoms with E-state index in [2.05, 4.69) is 15.5 Å². The molecule has 2 rings (SSSR count). The molecule has 2 heterocycles. The van der Waals surface area contributed by atoms with Crippen LogP contribution in [0.5, 0.6) is 0 Å². The molecule has 0 fully saturated rings. The van der Waals surface area contributed by atoms with Crippen LogP contribution in [0.15, 0.2) is 24.7 Å². The first-order valence-corrected chi connectivity index (χ1v) is 5.66. The number of carbonyl (C=O) groups is 2. The van der Waals surface area contributed by atoms with Gasteiger partial charge in [0.25, 0.3) is 5.91 Å². The molecule has 0 saturated carbocycles. The fraction of sp³-hybridized carbons (Fsp3) is 0.273. The van der Waals surface area contributed by atoms with E-state index < -0.39 is 11.9 Å². The third kappa shape index (κ3) is 3.20. The zero-order valence-corrected chi connectivity index (χ0v) is 10.7. The van der Waals surface area contributed by atoms with Crippen LogP contribution in [0.3, 0.4) is 0 Å². The van der Waals surface area contributed by atoms with Gasteiger partial charge in [-0.3, -0.25) is 9.59 Å². The van der Waals surface area contributed by atoms with E-state index in [1.54, 1.807) is 6.20 Å². The number of hydrogen-bond acceptors (Lipinski definition) is 5. The minimum atomic E-state index is -1.07. The molecule has 2 N–H and O–H groups in total. The number of carboxylic acid groups (broad SMARTS) is 1. The Bertz CT molecular complexity index is 618. The molecule has 20 heavy (non-hydrogen) atoms. The van der Waals surface area contributed by atoms with E-state index in [4.69, 9.17) is 9.84 Å². The predicted octanol–water partition coefficient (Wildman–Crippen LogP) is 0.0204. The minimum Gasteiger partial charge on any atom is -0.480 e. The monoisotopic (exact) mass is 279 g/mol. The highest BCUT2D eigenvalue weighted by molar-refractivity contribution is 6.03. The molecule has 1 amide bonds. The number of nitrogens with zero attached hydrogens (tertiary/aromatic N) is 4. The SMILES string of the molecule is COCn1cc(NC(=O)c2ccnn2CC(=O)O)cn1. The van der Waals surface area contributed by atoms with Crippen LogP contribution in [0.2, 0.25) is 0 Å². The lowest BCUT2D eigenvalue weighted by Crippen LogP contribution is -2.20. The lowest BCUT2D eigenvalue weighted by atomic mass is 10.4. The van der Waals surface area contributed by atoms with Gasteiger partial charge in [-0.1, -0.05) is 0 Å². The van der Waals surface area contributed by atoms with Crippen LogP contribution < -0.4 is 5.32 Å². The largest absolute Gasteiger partial charge is 0.480 e. The number of nitrogens with one attached hydrogen (secondary N) is 1. The van der Waals surface area contributed by atoms with Gasteiger partial charge in [-0.2, -0.15) is 10.2 Å². The molecule has 0 aliphatic rings. The Balaban J connectivity index is 2.07. The van der Waals surface area contributed by atoms with Crippen molar-refractivity contribution in [3.05, 3.63) is 30.4 Å². The third-order valence-corrected chi connectivity index (χ3v) is 2.39. The second-order valence-electron chi connectivity index (χ2n) is 3.91. The number of anilines is 1. The van der Waals surface area contributed by atoms with Crippen molar-refractivity contribution in [2.24, 2.45) is 0 Å². The molecule has 0 radical (unpaired) electrons. The summed E-state index contributed by atoms with van der Waals surface area (Å²) in [6.07, 6.45) is 4.43. The maximum absolute atomic E-state index is 12.0. The number of aromatic nitrogens is 4. The Morgan fingerprint density at radius 1 is 1.45 bits per heavy atom. The number of carbonyl (C=O) groups excluding carboxylic acids is 1. The van der Waals surface area contributed by atoms with Crippen LogP contribution in [0.25, 0.3) is 0 Å². The van der Waals surface area contributed by atoms with Crippen LogP contribution in [-0.2, 0) is 22.8 Å². The van der Waals surface area contributed by atoms with E-state index in [9.17, 15) is 9.59 Å². The van der Waals surface area contributed by atoms with Gasteiger partial charge in [0.15, 0.2) is 0 Å². The summed E-state index contributed by atoms with van der Waals surface area (Å²) >= 11 is 0. The van der Waals surface area contributed by atoms with Gasteiger partial charge in [-0.15, -0.1) is 0 Å². The van der Waals surface area contributed by atoms with Gasteiger partial charge < -0.3 is 15.2 Å². The Morgan fingerprint density at radius 2 is 2.25 bits per heavy atom. The molecule has 2 aromatic heterocycles. The number of carboxylic acids is 1. The summed E-state index contributed by atoms with van der Waals surface area (Å²) in [4.78, 5) is 22.7. The fourth-order valence-electron chi connectivity index (χ4n) is 1.61. The summed E-state index contributed by atoms with van der Waals surface area (Å²) in [5.41, 5.74) is 0.641. The molecule has 0 unspecified atom stereocenters. The van der Waals surface area contributed by atoms with Gasteiger partial charge in [0.05, 0.1) is 18.1 Å². The van der Waals surface area contributed by atoms with Crippen molar-refractivity contribution < 1.29 is 19.4 Å². The summed E-state index contributed by atoms with van der Waals surface area (Å²) in [7, 11) is 1.53. The molecule has 9 nitrogen and oxygen atoms in total. The summed E-state index contributed by atoms with van der Waals surface area (Å²) < 4.78 is 7.50. The summed E-state index contributed by atoms with van der Waals surface area (Å²) in [5, 5.41) is 19.1. The summed E-state index contributed by atoms with van der Waals surface area (Å²) in [6, 6.07) is 1.44. The zero-order chi connectivity index (χ0) is 14.5. The molecule has 9 heteroatoms. The average Bonchev–Trinajstić information content (AvgIpc) is 2.98. The maximum atomic E-state index is 12.0. The van der Waals surface area contributed by atoms with Crippen molar-refractivity contribution in [1.82, 2.24) is 19.6 Å². The summed E-state index contributed by atoms with van der Waals surface area (Å²) in [6.45, 7) is -0.106. The van der Waals surface area contributed by atoms with Crippen LogP contribution >= 0.6 is 0 Å². The van der Waals surface area contributed by atoms with Gasteiger partial charge in [0.1, 0.15) is 19.0 Å². The fourth-order valence-corrected chi connectivity index (χ4v) is 1.61. The molecule has 2 aromatic rings. The Kier molecular flexibility index (Phi) is 4.11. The lowest BCUT2D eigenvalue weighted by molar-refractivity contribution is -0.137. The zero-order valence-electron chi connectivity index (χ0n) is 10.7. The van der Waals surface area contributed by atoms with Gasteiger partial charge in [0, 0.05) is 13.3 Å². The third-order valence-electron chi connectivity index (χ3n) is 2.39. The van der Waals surface area contributed by atoms with Crippen molar-refractivity contribution in [2.75, 3.05) is 12.4 Å². The molecule has 0 aliphatic heterocycles. The number of aliphatic carboxylic acids is 1. The van der Waals surface area contributed by atoms with Crippen molar-refractivity contribution in [3.8, 4) is 0 Å². The highest BCUT2D eigenvalue weighted by Gasteiger charge is 2.14. The summed E-state index contributed by atoms with van der Waals surface area (Å²) in [5.74, 6) is -1.53. The number of ether oxygens (including phenoxy) is 1. The van der Waals surface area contributed by atoms with E-state index in [-0.39, 0.29) is 19.0 Å². The Labute approximate surface area is 113 Å². The van der Waals surface area contributed by atoms with E-state index in [1.807, 2.05) is 0 Å². The maximum Gasteiger partial charge on any atom is 0.325 e.